The van der Waals surface area contributed by atoms with E-state index in [1.165, 1.54) is 0 Å². The molecule has 0 N–H and O–H groups in total. The Morgan fingerprint density at radius 3 is 1.20 bits per heavy atom. The fourth-order valence-electron chi connectivity index (χ4n) is 0.405. The summed E-state index contributed by atoms with van der Waals surface area (Å²) in [7, 11) is 0.882. The Morgan fingerprint density at radius 2 is 1.00 bits per heavy atom. The zero-order valence-electron chi connectivity index (χ0n) is 7.13. The van der Waals surface area contributed by atoms with Crippen LogP contribution in [0.5, 0.6) is 0 Å². The minimum absolute atomic E-state index is 0.441. The Hall–Kier alpha value is 0.180. The minimum atomic E-state index is 0.441. The fraction of sp³-hybridized carbons (Fsp3) is 0.500. The fourth-order valence-corrected chi connectivity index (χ4v) is 1.21. The summed E-state index contributed by atoms with van der Waals surface area (Å²) in [6.07, 6.45) is 13.1. The first kappa shape index (κ1) is 10.2. The second-order valence-electron chi connectivity index (χ2n) is 2.42. The third kappa shape index (κ3) is 8.18. The number of hydrogen-bond acceptors (Lipinski definition) is 0. The number of rotatable bonds is 3. The van der Waals surface area contributed by atoms with E-state index >= 15 is 0 Å². The third-order valence-corrected chi connectivity index (χ3v) is 2.22. The standard InChI is InChI=1S/C8H16S2/c1-9(2)7-5-6-8-10(3)4/h5-8H,1-4H3/q+2/b7-5+,8-6+. The highest BCUT2D eigenvalue weighted by Gasteiger charge is 1.92. The van der Waals surface area contributed by atoms with Crippen LogP contribution in [-0.4, -0.2) is 25.0 Å². The normalized spacial score (nSPS) is 13.0. The molecule has 0 saturated heterocycles. The summed E-state index contributed by atoms with van der Waals surface area (Å²) in [6.45, 7) is 0. The van der Waals surface area contributed by atoms with Crippen LogP contribution in [0, 0.1) is 0 Å². The van der Waals surface area contributed by atoms with Crippen molar-refractivity contribution in [3.8, 4) is 0 Å². The van der Waals surface area contributed by atoms with Gasteiger partial charge < -0.3 is 0 Å². The van der Waals surface area contributed by atoms with Crippen molar-refractivity contribution in [3.63, 3.8) is 0 Å². The zero-order chi connectivity index (χ0) is 7.98. The summed E-state index contributed by atoms with van der Waals surface area (Å²) >= 11 is 0. The molecule has 0 aromatic carbocycles. The van der Waals surface area contributed by atoms with Gasteiger partial charge in [-0.25, -0.2) is 0 Å². The molecule has 0 unspecified atom stereocenters. The summed E-state index contributed by atoms with van der Waals surface area (Å²) in [5.74, 6) is 0. The second kappa shape index (κ2) is 5.93. The van der Waals surface area contributed by atoms with E-state index in [1.807, 2.05) is 0 Å². The first-order chi connectivity index (χ1) is 4.63. The molecular formula is C8H16S2+2. The van der Waals surface area contributed by atoms with E-state index in [9.17, 15) is 0 Å². The molecule has 0 radical (unpaired) electrons. The van der Waals surface area contributed by atoms with Crippen molar-refractivity contribution in [1.29, 1.82) is 0 Å². The molecule has 0 aliphatic carbocycles. The van der Waals surface area contributed by atoms with Crippen molar-refractivity contribution in [3.05, 3.63) is 23.0 Å². The first-order valence-electron chi connectivity index (χ1n) is 3.10. The molecule has 0 rings (SSSR count). The molecule has 0 bridgehead atoms. The highest BCUT2D eigenvalue weighted by atomic mass is 32.2. The quantitative estimate of drug-likeness (QED) is 0.454. The van der Waals surface area contributed by atoms with Gasteiger partial charge in [-0.05, 0) is 12.2 Å². The lowest BCUT2D eigenvalue weighted by atomic mass is 10.6. The number of allylic oxidation sites excluding steroid dienone is 2. The van der Waals surface area contributed by atoms with Gasteiger partial charge in [0.15, 0.2) is 0 Å². The summed E-state index contributed by atoms with van der Waals surface area (Å²) in [5, 5.41) is 4.45. The molecule has 58 valence electrons. The van der Waals surface area contributed by atoms with Gasteiger partial charge in [0.2, 0.25) is 0 Å². The van der Waals surface area contributed by atoms with Crippen molar-refractivity contribution in [2.45, 2.75) is 0 Å². The first-order valence-corrected chi connectivity index (χ1v) is 7.31. The second-order valence-corrected chi connectivity index (χ2v) is 6.48. The Balaban J connectivity index is 3.52. The van der Waals surface area contributed by atoms with E-state index in [0.29, 0.717) is 21.8 Å². The van der Waals surface area contributed by atoms with Gasteiger partial charge in [0.1, 0.15) is 35.8 Å². The summed E-state index contributed by atoms with van der Waals surface area (Å²) in [4.78, 5) is 0. The molecule has 0 aliphatic heterocycles. The molecule has 0 nitrogen and oxygen atoms in total. The van der Waals surface area contributed by atoms with Gasteiger partial charge in [-0.1, -0.05) is 0 Å². The van der Waals surface area contributed by atoms with Crippen molar-refractivity contribution in [2.75, 3.05) is 25.0 Å². The molecule has 0 amide bonds. The molecule has 0 aromatic rings. The molecule has 0 atom stereocenters. The van der Waals surface area contributed by atoms with E-state index in [1.54, 1.807) is 0 Å². The predicted molar refractivity (Wildman–Crippen MR) is 56.7 cm³/mol. The van der Waals surface area contributed by atoms with Crippen molar-refractivity contribution in [2.24, 2.45) is 0 Å². The third-order valence-electron chi connectivity index (χ3n) is 0.813. The van der Waals surface area contributed by atoms with Crippen LogP contribution in [0.15, 0.2) is 23.0 Å². The monoisotopic (exact) mass is 176 g/mol. The average molecular weight is 176 g/mol. The topological polar surface area (TPSA) is 0 Å². The molecule has 0 saturated carbocycles. The molecule has 10 heavy (non-hydrogen) atoms. The molecule has 0 spiro atoms. The maximum atomic E-state index is 2.23. The maximum Gasteiger partial charge on any atom is 0.118 e. The van der Waals surface area contributed by atoms with E-state index in [0.717, 1.165) is 0 Å². The molecule has 0 heterocycles. The molecule has 2 heteroatoms. The maximum absolute atomic E-state index is 2.23. The Morgan fingerprint density at radius 1 is 0.700 bits per heavy atom. The van der Waals surface area contributed by atoms with Crippen LogP contribution in [0.2, 0.25) is 0 Å². The lowest BCUT2D eigenvalue weighted by Gasteiger charge is -1.81. The predicted octanol–water partition coefficient (Wildman–Crippen LogP) is 1.77. The highest BCUT2D eigenvalue weighted by Crippen LogP contribution is 1.90. The van der Waals surface area contributed by atoms with Crippen molar-refractivity contribution >= 4 is 21.8 Å². The summed E-state index contributed by atoms with van der Waals surface area (Å²) in [5.41, 5.74) is 0. The van der Waals surface area contributed by atoms with Gasteiger partial charge in [0.05, 0.1) is 0 Å². The minimum Gasteiger partial charge on any atom is -0.0103 e. The van der Waals surface area contributed by atoms with Gasteiger partial charge in [-0.3, -0.25) is 0 Å². The van der Waals surface area contributed by atoms with Crippen LogP contribution in [0.4, 0.5) is 0 Å². The summed E-state index contributed by atoms with van der Waals surface area (Å²) in [6, 6.07) is 0. The van der Waals surface area contributed by atoms with Crippen LogP contribution in [0.3, 0.4) is 0 Å². The van der Waals surface area contributed by atoms with Crippen LogP contribution < -0.4 is 0 Å². The Kier molecular flexibility index (Phi) is 6.03. The Bertz CT molecular complexity index is 107. The summed E-state index contributed by atoms with van der Waals surface area (Å²) < 4.78 is 0. The van der Waals surface area contributed by atoms with E-state index in [2.05, 4.69) is 48.0 Å². The molecule has 0 aliphatic rings. The van der Waals surface area contributed by atoms with Crippen LogP contribution in [-0.2, 0) is 21.8 Å². The van der Waals surface area contributed by atoms with Crippen LogP contribution in [0.1, 0.15) is 0 Å². The largest absolute Gasteiger partial charge is 0.118 e. The van der Waals surface area contributed by atoms with Gasteiger partial charge in [-0.15, -0.1) is 0 Å². The Labute approximate surface area is 70.1 Å². The van der Waals surface area contributed by atoms with Crippen molar-refractivity contribution in [1.82, 2.24) is 0 Å². The van der Waals surface area contributed by atoms with Gasteiger partial charge >= 0.3 is 0 Å². The van der Waals surface area contributed by atoms with E-state index < -0.39 is 0 Å². The van der Waals surface area contributed by atoms with Crippen LogP contribution >= 0.6 is 0 Å². The lowest BCUT2D eigenvalue weighted by Crippen LogP contribution is -1.86. The zero-order valence-corrected chi connectivity index (χ0v) is 8.76. The smallest absolute Gasteiger partial charge is 0.0103 e. The highest BCUT2D eigenvalue weighted by molar-refractivity contribution is 7.98. The lowest BCUT2D eigenvalue weighted by molar-refractivity contribution is 2.05. The van der Waals surface area contributed by atoms with E-state index in [4.69, 9.17) is 0 Å². The number of hydrogen-bond donors (Lipinski definition) is 0. The van der Waals surface area contributed by atoms with E-state index in [-0.39, 0.29) is 0 Å². The molecular weight excluding hydrogens is 160 g/mol. The molecule has 0 aromatic heterocycles. The SMILES string of the molecule is C[S+](C)/C=C/C=C/[S+](C)C. The van der Waals surface area contributed by atoms with Gasteiger partial charge in [0, 0.05) is 21.8 Å². The average Bonchev–Trinajstić information content (AvgIpc) is 1.79. The van der Waals surface area contributed by atoms with Crippen LogP contribution in [0.25, 0.3) is 0 Å². The van der Waals surface area contributed by atoms with Crippen molar-refractivity contribution < 1.29 is 0 Å². The van der Waals surface area contributed by atoms with Gasteiger partial charge in [0.25, 0.3) is 0 Å². The molecule has 0 fully saturated rings. The van der Waals surface area contributed by atoms with Gasteiger partial charge in [-0.2, -0.15) is 0 Å².